The molecule has 3 amide bonds. The monoisotopic (exact) mass is 514 g/mol. The van der Waals surface area contributed by atoms with E-state index in [1.54, 1.807) is 13.8 Å². The molecule has 0 radical (unpaired) electrons. The first-order valence-electron chi connectivity index (χ1n) is 12.2. The van der Waals surface area contributed by atoms with Gasteiger partial charge in [0, 0.05) is 7.11 Å². The SMILES string of the molecule is C=C.CCC.CCO/N=C(\C)C(=O)NC(COC)C(=O)NCC(=O)N[C@@H](CC(C)C)C(=O)[C@@]1(C)CO1. The average molecular weight is 515 g/mol. The van der Waals surface area contributed by atoms with Gasteiger partial charge in [-0.25, -0.2) is 0 Å². The summed E-state index contributed by atoms with van der Waals surface area (Å²) in [5, 5.41) is 11.2. The van der Waals surface area contributed by atoms with Crippen LogP contribution < -0.4 is 16.0 Å². The van der Waals surface area contributed by atoms with E-state index in [2.05, 4.69) is 48.1 Å². The maximum Gasteiger partial charge on any atom is 0.269 e. The van der Waals surface area contributed by atoms with Gasteiger partial charge in [-0.15, -0.1) is 13.2 Å². The number of oxime groups is 1. The van der Waals surface area contributed by atoms with Crippen LogP contribution >= 0.6 is 0 Å². The normalized spacial score (nSPS) is 17.8. The fourth-order valence-electron chi connectivity index (χ4n) is 2.67. The molecule has 0 aromatic rings. The van der Waals surface area contributed by atoms with Gasteiger partial charge in [0.25, 0.3) is 5.91 Å². The number of ketones is 1. The van der Waals surface area contributed by atoms with Crippen LogP contribution in [0.25, 0.3) is 0 Å². The van der Waals surface area contributed by atoms with E-state index >= 15 is 0 Å². The van der Waals surface area contributed by atoms with Crippen molar-refractivity contribution in [1.82, 2.24) is 16.0 Å². The molecule has 36 heavy (non-hydrogen) atoms. The highest BCUT2D eigenvalue weighted by atomic mass is 16.6. The van der Waals surface area contributed by atoms with Gasteiger partial charge in [0.15, 0.2) is 5.78 Å². The van der Waals surface area contributed by atoms with Crippen LogP contribution in [0.3, 0.4) is 0 Å². The van der Waals surface area contributed by atoms with Gasteiger partial charge in [-0.1, -0.05) is 39.3 Å². The maximum absolute atomic E-state index is 12.6. The van der Waals surface area contributed by atoms with Crippen molar-refractivity contribution in [3.63, 3.8) is 0 Å². The van der Waals surface area contributed by atoms with E-state index in [1.165, 1.54) is 20.5 Å². The quantitative estimate of drug-likeness (QED) is 0.138. The molecule has 3 atom stereocenters. The predicted molar refractivity (Wildman–Crippen MR) is 140 cm³/mol. The van der Waals surface area contributed by atoms with Crippen LogP contribution in [0.15, 0.2) is 18.3 Å². The molecule has 1 fully saturated rings. The molecule has 1 saturated heterocycles. The first kappa shape index (κ1) is 35.4. The number of nitrogens with zero attached hydrogens (tertiary/aromatic N) is 1. The molecule has 0 aromatic heterocycles. The van der Waals surface area contributed by atoms with Gasteiger partial charge in [0.2, 0.25) is 11.8 Å². The molecule has 1 aliphatic rings. The number of epoxide rings is 1. The molecule has 11 heteroatoms. The van der Waals surface area contributed by atoms with Crippen molar-refractivity contribution in [2.24, 2.45) is 11.1 Å². The van der Waals surface area contributed by atoms with Crippen LogP contribution in [-0.4, -0.2) is 80.4 Å². The summed E-state index contributed by atoms with van der Waals surface area (Å²) in [6.45, 7) is 19.1. The summed E-state index contributed by atoms with van der Waals surface area (Å²) < 4.78 is 10.2. The number of hydrogen-bond donors (Lipinski definition) is 3. The second kappa shape index (κ2) is 19.4. The van der Waals surface area contributed by atoms with Crippen molar-refractivity contribution >= 4 is 29.2 Å². The van der Waals surface area contributed by atoms with Crippen molar-refractivity contribution in [1.29, 1.82) is 0 Å². The zero-order chi connectivity index (χ0) is 28.3. The number of carbonyl (C=O) groups is 4. The Kier molecular flexibility index (Phi) is 19.1. The zero-order valence-corrected chi connectivity index (χ0v) is 23.2. The van der Waals surface area contributed by atoms with E-state index in [0.717, 1.165) is 0 Å². The Balaban J connectivity index is 0. The number of nitrogens with one attached hydrogen (secondary N) is 3. The van der Waals surface area contributed by atoms with Crippen molar-refractivity contribution in [2.75, 3.05) is 33.5 Å². The van der Waals surface area contributed by atoms with Crippen LogP contribution in [0.4, 0.5) is 0 Å². The number of hydrogen-bond acceptors (Lipinski definition) is 8. The van der Waals surface area contributed by atoms with Gasteiger partial charge >= 0.3 is 0 Å². The van der Waals surface area contributed by atoms with Crippen molar-refractivity contribution in [3.8, 4) is 0 Å². The fraction of sp³-hybridized carbons (Fsp3) is 0.720. The summed E-state index contributed by atoms with van der Waals surface area (Å²) in [5.41, 5.74) is -0.815. The molecule has 0 aromatic carbocycles. The predicted octanol–water partition coefficient (Wildman–Crippen LogP) is 1.75. The van der Waals surface area contributed by atoms with E-state index in [0.29, 0.717) is 19.6 Å². The van der Waals surface area contributed by atoms with Crippen LogP contribution in [0.1, 0.15) is 61.3 Å². The van der Waals surface area contributed by atoms with Gasteiger partial charge in [0.1, 0.15) is 24.0 Å². The second-order valence-electron chi connectivity index (χ2n) is 8.63. The van der Waals surface area contributed by atoms with Gasteiger partial charge in [-0.3, -0.25) is 19.2 Å². The molecule has 0 spiro atoms. The Morgan fingerprint density at radius 1 is 1.08 bits per heavy atom. The minimum atomic E-state index is -1.04. The third-order valence-electron chi connectivity index (χ3n) is 4.49. The van der Waals surface area contributed by atoms with Gasteiger partial charge in [-0.05, 0) is 33.1 Å². The number of Topliss-reactive ketones (excluding diaryl/α,β-unsaturated/α-hetero) is 1. The molecular weight excluding hydrogens is 468 g/mol. The lowest BCUT2D eigenvalue weighted by Crippen LogP contribution is -2.54. The van der Waals surface area contributed by atoms with Crippen LogP contribution in [0, 0.1) is 5.92 Å². The first-order chi connectivity index (χ1) is 16.9. The molecular formula is C25H46N4O7. The molecule has 0 saturated carbocycles. The smallest absolute Gasteiger partial charge is 0.269 e. The summed E-state index contributed by atoms with van der Waals surface area (Å²) in [6.07, 6.45) is 1.71. The third kappa shape index (κ3) is 14.6. The maximum atomic E-state index is 12.6. The largest absolute Gasteiger partial charge is 0.396 e. The average Bonchev–Trinajstić information content (AvgIpc) is 3.59. The summed E-state index contributed by atoms with van der Waals surface area (Å²) in [7, 11) is 1.38. The lowest BCUT2D eigenvalue weighted by Gasteiger charge is -2.22. The molecule has 1 aliphatic heterocycles. The Bertz CT molecular complexity index is 721. The van der Waals surface area contributed by atoms with Crippen molar-refractivity contribution in [3.05, 3.63) is 13.2 Å². The lowest BCUT2D eigenvalue weighted by molar-refractivity contribution is -0.132. The van der Waals surface area contributed by atoms with Crippen molar-refractivity contribution in [2.45, 2.75) is 79.0 Å². The second-order valence-corrected chi connectivity index (χ2v) is 8.63. The van der Waals surface area contributed by atoms with E-state index in [1.807, 2.05) is 13.8 Å². The minimum absolute atomic E-state index is 0.0410. The summed E-state index contributed by atoms with van der Waals surface area (Å²) in [6, 6.07) is -1.74. The molecule has 0 aliphatic carbocycles. The Morgan fingerprint density at radius 2 is 1.64 bits per heavy atom. The fourth-order valence-corrected chi connectivity index (χ4v) is 2.67. The van der Waals surface area contributed by atoms with E-state index in [-0.39, 0.29) is 30.6 Å². The number of methoxy groups -OCH3 is 1. The molecule has 1 unspecified atom stereocenters. The number of carbonyl (C=O) groups excluding carboxylic acids is 4. The molecule has 0 bridgehead atoms. The number of ether oxygens (including phenoxy) is 2. The van der Waals surface area contributed by atoms with Gasteiger partial charge < -0.3 is 30.3 Å². The topological polar surface area (TPSA) is 148 Å². The first-order valence-corrected chi connectivity index (χ1v) is 12.2. The molecule has 208 valence electrons. The highest BCUT2D eigenvalue weighted by molar-refractivity contribution is 6.38. The molecule has 1 rings (SSSR count). The standard InChI is InChI=1S/C20H34N4O7.C3H8.C2H4/c1-7-31-24-13(4)18(27)23-15(10-29-6)19(28)21-9-16(25)22-14(8-12(2)3)17(26)20(5)11-30-20;1-3-2;1-2/h12,14-15H,7-11H2,1-6H3,(H,21,28)(H,22,25)(H,23,27);3H2,1-2H3;1-2H2/b24-13+;;/t14-,15?,20+;;/m0../s1. The highest BCUT2D eigenvalue weighted by Gasteiger charge is 2.50. The Morgan fingerprint density at radius 3 is 2.08 bits per heavy atom. The zero-order valence-electron chi connectivity index (χ0n) is 23.2. The molecule has 3 N–H and O–H groups in total. The molecule has 11 nitrogen and oxygen atoms in total. The van der Waals surface area contributed by atoms with E-state index in [4.69, 9.17) is 14.3 Å². The number of amides is 3. The van der Waals surface area contributed by atoms with Gasteiger partial charge in [0.05, 0.1) is 25.8 Å². The highest BCUT2D eigenvalue weighted by Crippen LogP contribution is 2.29. The third-order valence-corrected chi connectivity index (χ3v) is 4.49. The van der Waals surface area contributed by atoms with Crippen LogP contribution in [-0.2, 0) is 33.5 Å². The van der Waals surface area contributed by atoms with E-state index in [9.17, 15) is 19.2 Å². The van der Waals surface area contributed by atoms with Crippen LogP contribution in [0.2, 0.25) is 0 Å². The van der Waals surface area contributed by atoms with Crippen LogP contribution in [0.5, 0.6) is 0 Å². The van der Waals surface area contributed by atoms with E-state index < -0.39 is 35.4 Å². The minimum Gasteiger partial charge on any atom is -0.396 e. The lowest BCUT2D eigenvalue weighted by atomic mass is 9.93. The number of rotatable bonds is 14. The molecule has 1 heterocycles. The summed E-state index contributed by atoms with van der Waals surface area (Å²) in [5.74, 6) is -1.74. The Hall–Kier alpha value is -2.79. The Labute approximate surface area is 215 Å². The van der Waals surface area contributed by atoms with Crippen molar-refractivity contribution < 1.29 is 33.5 Å². The summed E-state index contributed by atoms with van der Waals surface area (Å²) in [4.78, 5) is 54.3. The summed E-state index contributed by atoms with van der Waals surface area (Å²) >= 11 is 0. The van der Waals surface area contributed by atoms with Gasteiger partial charge in [-0.2, -0.15) is 0 Å².